The van der Waals surface area contributed by atoms with Crippen molar-refractivity contribution in [1.82, 2.24) is 9.88 Å². The van der Waals surface area contributed by atoms with Gasteiger partial charge in [-0.15, -0.1) is 11.3 Å². The van der Waals surface area contributed by atoms with E-state index >= 15 is 0 Å². The number of nitrogens with two attached hydrogens (primary N) is 1. The number of aryl methyl sites for hydroxylation is 2. The van der Waals surface area contributed by atoms with Gasteiger partial charge in [0.1, 0.15) is 4.88 Å². The molecule has 0 unspecified atom stereocenters. The lowest BCUT2D eigenvalue weighted by molar-refractivity contribution is 0.0782. The lowest BCUT2D eigenvalue weighted by Gasteiger charge is -2.20. The summed E-state index contributed by atoms with van der Waals surface area (Å²) in [6.07, 6.45) is 0.807. The molecule has 0 spiro atoms. The summed E-state index contributed by atoms with van der Waals surface area (Å²) in [5, 5.41) is 12.3. The molecule has 0 saturated carbocycles. The van der Waals surface area contributed by atoms with Crippen molar-refractivity contribution in [1.29, 1.82) is 0 Å². The van der Waals surface area contributed by atoms with Crippen LogP contribution in [0.4, 0.5) is 0 Å². The highest BCUT2D eigenvalue weighted by molar-refractivity contribution is 7.13. The van der Waals surface area contributed by atoms with E-state index in [4.69, 9.17) is 10.9 Å². The maximum atomic E-state index is 12.3. The minimum absolute atomic E-state index is 0.0238. The van der Waals surface area contributed by atoms with Crippen molar-refractivity contribution in [3.8, 4) is 0 Å². The molecule has 100 valence electrons. The summed E-state index contributed by atoms with van der Waals surface area (Å²) in [4.78, 5) is 18.7. The summed E-state index contributed by atoms with van der Waals surface area (Å²) in [5.41, 5.74) is 6.18. The Hall–Kier alpha value is -1.63. The minimum atomic E-state index is -0.119. The lowest BCUT2D eigenvalue weighted by Crippen LogP contribution is -2.39. The van der Waals surface area contributed by atoms with Crippen LogP contribution in [0.15, 0.2) is 5.16 Å². The van der Waals surface area contributed by atoms with Crippen LogP contribution in [-0.2, 0) is 0 Å². The Morgan fingerprint density at radius 1 is 1.56 bits per heavy atom. The van der Waals surface area contributed by atoms with Crippen molar-refractivity contribution in [2.75, 3.05) is 13.1 Å². The molecule has 1 aromatic rings. The van der Waals surface area contributed by atoms with Gasteiger partial charge in [0.25, 0.3) is 5.91 Å². The molecule has 18 heavy (non-hydrogen) atoms. The zero-order valence-electron chi connectivity index (χ0n) is 10.8. The number of oxime groups is 1. The average Bonchev–Trinajstić information content (AvgIpc) is 2.66. The van der Waals surface area contributed by atoms with Crippen LogP contribution in [0.1, 0.15) is 33.7 Å². The van der Waals surface area contributed by atoms with Gasteiger partial charge < -0.3 is 15.8 Å². The van der Waals surface area contributed by atoms with Crippen LogP contribution in [0.5, 0.6) is 0 Å². The summed E-state index contributed by atoms with van der Waals surface area (Å²) in [7, 11) is 0. The highest BCUT2D eigenvalue weighted by atomic mass is 32.1. The summed E-state index contributed by atoms with van der Waals surface area (Å²) in [6.45, 7) is 6.33. The number of aromatic nitrogens is 1. The first-order chi connectivity index (χ1) is 8.49. The minimum Gasteiger partial charge on any atom is -0.409 e. The molecule has 6 nitrogen and oxygen atoms in total. The van der Waals surface area contributed by atoms with Crippen LogP contribution in [0.3, 0.4) is 0 Å². The fourth-order valence-corrected chi connectivity index (χ4v) is 2.51. The van der Waals surface area contributed by atoms with Crippen molar-refractivity contribution in [2.24, 2.45) is 10.9 Å². The molecule has 0 atom stereocenters. The first-order valence-electron chi connectivity index (χ1n) is 5.69. The van der Waals surface area contributed by atoms with Crippen LogP contribution >= 0.6 is 11.3 Å². The van der Waals surface area contributed by atoms with Crippen LogP contribution in [0.2, 0.25) is 0 Å². The van der Waals surface area contributed by atoms with Gasteiger partial charge in [-0.1, -0.05) is 12.1 Å². The SMILES string of the molecule is CCCN(CC(N)=NO)C(=O)c1sc(C)nc1C. The van der Waals surface area contributed by atoms with E-state index in [0.29, 0.717) is 11.4 Å². The third kappa shape index (κ3) is 3.43. The molecule has 0 aliphatic heterocycles. The number of carbonyl (C=O) groups excluding carboxylic acids is 1. The van der Waals surface area contributed by atoms with Gasteiger partial charge >= 0.3 is 0 Å². The number of nitrogens with zero attached hydrogens (tertiary/aromatic N) is 3. The molecular weight excluding hydrogens is 252 g/mol. The van der Waals surface area contributed by atoms with Crippen LogP contribution in [-0.4, -0.2) is 39.9 Å². The molecule has 0 radical (unpaired) electrons. The van der Waals surface area contributed by atoms with Gasteiger partial charge in [-0.05, 0) is 20.3 Å². The first-order valence-corrected chi connectivity index (χ1v) is 6.51. The van der Waals surface area contributed by atoms with E-state index in [0.717, 1.165) is 17.1 Å². The fraction of sp³-hybridized carbons (Fsp3) is 0.545. The highest BCUT2D eigenvalue weighted by Gasteiger charge is 2.21. The maximum Gasteiger partial charge on any atom is 0.266 e. The second-order valence-corrected chi connectivity index (χ2v) is 5.17. The second-order valence-electron chi connectivity index (χ2n) is 3.97. The summed E-state index contributed by atoms with van der Waals surface area (Å²) in [5.74, 6) is -0.0951. The molecule has 0 aromatic carbocycles. The zero-order chi connectivity index (χ0) is 13.7. The standard InChI is InChI=1S/C11H18N4O2S/c1-4-5-15(6-9(12)14-17)11(16)10-7(2)13-8(3)18-10/h17H,4-6H2,1-3H3,(H2,12,14). The van der Waals surface area contributed by atoms with Crippen molar-refractivity contribution in [3.05, 3.63) is 15.6 Å². The predicted molar refractivity (Wildman–Crippen MR) is 71.2 cm³/mol. The number of hydrogen-bond donors (Lipinski definition) is 2. The highest BCUT2D eigenvalue weighted by Crippen LogP contribution is 2.19. The Labute approximate surface area is 110 Å². The second kappa shape index (κ2) is 6.34. The smallest absolute Gasteiger partial charge is 0.266 e. The number of hydrogen-bond acceptors (Lipinski definition) is 5. The topological polar surface area (TPSA) is 91.8 Å². The molecule has 0 fully saturated rings. The number of amidine groups is 1. The van der Waals surface area contributed by atoms with E-state index in [1.54, 1.807) is 4.90 Å². The van der Waals surface area contributed by atoms with Gasteiger partial charge in [0.15, 0.2) is 5.84 Å². The Morgan fingerprint density at radius 3 is 2.67 bits per heavy atom. The van der Waals surface area contributed by atoms with Gasteiger partial charge in [-0.25, -0.2) is 4.98 Å². The Kier molecular flexibility index (Phi) is 5.08. The average molecular weight is 270 g/mol. The summed E-state index contributed by atoms with van der Waals surface area (Å²) in [6, 6.07) is 0. The van der Waals surface area contributed by atoms with E-state index in [1.165, 1.54) is 11.3 Å². The first kappa shape index (κ1) is 14.4. The molecular formula is C11H18N4O2S. The molecule has 0 aliphatic rings. The van der Waals surface area contributed by atoms with Gasteiger partial charge in [-0.3, -0.25) is 4.79 Å². The number of carbonyl (C=O) groups is 1. The van der Waals surface area contributed by atoms with Crippen LogP contribution < -0.4 is 5.73 Å². The molecule has 0 aliphatic carbocycles. The van der Waals surface area contributed by atoms with E-state index < -0.39 is 0 Å². The molecule has 0 bridgehead atoms. The van der Waals surface area contributed by atoms with Crippen LogP contribution in [0, 0.1) is 13.8 Å². The third-order valence-corrected chi connectivity index (χ3v) is 3.42. The molecule has 1 heterocycles. The summed E-state index contributed by atoms with van der Waals surface area (Å²) < 4.78 is 0. The Bertz CT molecular complexity index is 456. The fourth-order valence-electron chi connectivity index (χ4n) is 1.62. The van der Waals surface area contributed by atoms with Crippen molar-refractivity contribution < 1.29 is 10.0 Å². The number of rotatable bonds is 5. The molecule has 1 amide bonds. The van der Waals surface area contributed by atoms with E-state index in [-0.39, 0.29) is 18.3 Å². The molecule has 3 N–H and O–H groups in total. The van der Waals surface area contributed by atoms with Gasteiger partial charge in [0.05, 0.1) is 17.2 Å². The van der Waals surface area contributed by atoms with Crippen LogP contribution in [0.25, 0.3) is 0 Å². The number of amides is 1. The summed E-state index contributed by atoms with van der Waals surface area (Å²) >= 11 is 1.37. The largest absolute Gasteiger partial charge is 0.409 e. The van der Waals surface area contributed by atoms with Crippen molar-refractivity contribution >= 4 is 23.1 Å². The number of thiazole rings is 1. The molecule has 0 saturated heterocycles. The lowest BCUT2D eigenvalue weighted by atomic mass is 10.3. The molecule has 7 heteroatoms. The van der Waals surface area contributed by atoms with Gasteiger partial charge in [0, 0.05) is 6.54 Å². The normalized spacial score (nSPS) is 11.6. The Balaban J connectivity index is 2.92. The van der Waals surface area contributed by atoms with E-state index in [2.05, 4.69) is 10.1 Å². The van der Waals surface area contributed by atoms with E-state index in [9.17, 15) is 4.79 Å². The predicted octanol–water partition coefficient (Wildman–Crippen LogP) is 1.36. The molecule has 1 rings (SSSR count). The van der Waals surface area contributed by atoms with Gasteiger partial charge in [-0.2, -0.15) is 0 Å². The maximum absolute atomic E-state index is 12.3. The van der Waals surface area contributed by atoms with Crippen molar-refractivity contribution in [2.45, 2.75) is 27.2 Å². The van der Waals surface area contributed by atoms with Crippen molar-refractivity contribution in [3.63, 3.8) is 0 Å². The zero-order valence-corrected chi connectivity index (χ0v) is 11.6. The van der Waals surface area contributed by atoms with E-state index in [1.807, 2.05) is 20.8 Å². The Morgan fingerprint density at radius 2 is 2.22 bits per heavy atom. The quantitative estimate of drug-likeness (QED) is 0.366. The monoisotopic (exact) mass is 270 g/mol. The third-order valence-electron chi connectivity index (χ3n) is 2.36. The van der Waals surface area contributed by atoms with Gasteiger partial charge in [0.2, 0.25) is 0 Å². The molecule has 1 aromatic heterocycles.